The van der Waals surface area contributed by atoms with E-state index in [1.165, 1.54) is 0 Å². The Bertz CT molecular complexity index is 1540. The van der Waals surface area contributed by atoms with E-state index < -0.39 is 6.10 Å². The number of benzene rings is 1. The molecule has 0 bridgehead atoms. The van der Waals surface area contributed by atoms with Crippen molar-refractivity contribution < 1.29 is 5.11 Å². The Morgan fingerprint density at radius 3 is 2.62 bits per heavy atom. The number of pyridine rings is 1. The maximum Gasteiger partial charge on any atom is 0.252 e. The summed E-state index contributed by atoms with van der Waals surface area (Å²) in [7, 11) is 1.71. The molecule has 1 aliphatic heterocycles. The maximum atomic E-state index is 12.9. The number of aromatic nitrogens is 5. The van der Waals surface area contributed by atoms with Crippen molar-refractivity contribution in [1.29, 1.82) is 5.26 Å². The highest BCUT2D eigenvalue weighted by atomic mass is 16.3. The molecule has 1 aliphatic rings. The number of aliphatic hydroxyl groups excluding tert-OH is 1. The second-order valence-corrected chi connectivity index (χ2v) is 9.85. The highest BCUT2D eigenvalue weighted by Gasteiger charge is 2.39. The summed E-state index contributed by atoms with van der Waals surface area (Å²) in [4.78, 5) is 26.3. The van der Waals surface area contributed by atoms with Gasteiger partial charge in [-0.05, 0) is 38.0 Å². The second-order valence-electron chi connectivity index (χ2n) is 9.85. The fourth-order valence-corrected chi connectivity index (χ4v) is 5.50. The minimum atomic E-state index is -0.643. The molecular formula is C27H32N8O2. The van der Waals surface area contributed by atoms with Crippen LogP contribution in [0, 0.1) is 11.3 Å². The van der Waals surface area contributed by atoms with Crippen LogP contribution < -0.4 is 10.5 Å². The van der Waals surface area contributed by atoms with E-state index in [9.17, 15) is 9.90 Å². The summed E-state index contributed by atoms with van der Waals surface area (Å²) in [5.41, 5.74) is 4.76. The fourth-order valence-electron chi connectivity index (χ4n) is 5.50. The molecule has 0 amide bonds. The van der Waals surface area contributed by atoms with Crippen molar-refractivity contribution in [2.24, 2.45) is 7.05 Å². The summed E-state index contributed by atoms with van der Waals surface area (Å²) in [5, 5.41) is 24.7. The molecule has 0 aliphatic carbocycles. The Labute approximate surface area is 215 Å². The van der Waals surface area contributed by atoms with Gasteiger partial charge in [0.15, 0.2) is 0 Å². The van der Waals surface area contributed by atoms with Gasteiger partial charge in [0.05, 0.1) is 46.6 Å². The average Bonchev–Trinajstić information content (AvgIpc) is 3.33. The Balaban J connectivity index is 1.54. The topological polar surface area (TPSA) is 116 Å². The largest absolute Gasteiger partial charge is 0.391 e. The van der Waals surface area contributed by atoms with Crippen LogP contribution >= 0.6 is 0 Å². The molecule has 0 spiro atoms. The van der Waals surface area contributed by atoms with Crippen LogP contribution in [-0.2, 0) is 13.6 Å². The lowest BCUT2D eigenvalue weighted by molar-refractivity contribution is 0.0560. The molecule has 10 nitrogen and oxygen atoms in total. The van der Waals surface area contributed by atoms with Crippen LogP contribution in [0.3, 0.4) is 0 Å². The normalized spacial score (nSPS) is 20.3. The molecule has 192 valence electrons. The number of nitrogens with zero attached hydrogens (tertiary/aromatic N) is 8. The van der Waals surface area contributed by atoms with Gasteiger partial charge in [-0.15, -0.1) is 0 Å². The molecular weight excluding hydrogens is 468 g/mol. The lowest BCUT2D eigenvalue weighted by Crippen LogP contribution is -2.62. The van der Waals surface area contributed by atoms with Crippen molar-refractivity contribution in [3.8, 4) is 6.07 Å². The number of rotatable bonds is 6. The summed E-state index contributed by atoms with van der Waals surface area (Å²) in [6.45, 7) is 7.50. The minimum Gasteiger partial charge on any atom is -0.391 e. The molecule has 4 atom stereocenters. The number of nitriles is 1. The first-order chi connectivity index (χ1) is 17.8. The molecule has 1 N–H and O–H groups in total. The van der Waals surface area contributed by atoms with Gasteiger partial charge in [0.2, 0.25) is 0 Å². The minimum absolute atomic E-state index is 0.0956. The molecule has 3 aromatic heterocycles. The van der Waals surface area contributed by atoms with Gasteiger partial charge in [0.25, 0.3) is 5.56 Å². The predicted octanol–water partition coefficient (Wildman–Crippen LogP) is 2.61. The Kier molecular flexibility index (Phi) is 6.67. The Hall–Kier alpha value is -3.81. The monoisotopic (exact) mass is 500 g/mol. The third-order valence-corrected chi connectivity index (χ3v) is 7.66. The lowest BCUT2D eigenvalue weighted by atomic mass is 9.95. The predicted molar refractivity (Wildman–Crippen MR) is 142 cm³/mol. The van der Waals surface area contributed by atoms with Crippen LogP contribution in [0.1, 0.15) is 38.8 Å². The summed E-state index contributed by atoms with van der Waals surface area (Å²) in [6, 6.07) is 9.95. The molecule has 0 saturated carbocycles. The average molecular weight is 501 g/mol. The Morgan fingerprint density at radius 1 is 1.16 bits per heavy atom. The number of aliphatic hydroxyl groups is 1. The summed E-state index contributed by atoms with van der Waals surface area (Å²) in [5.74, 6) is 0. The zero-order valence-corrected chi connectivity index (χ0v) is 21.6. The van der Waals surface area contributed by atoms with Gasteiger partial charge in [-0.3, -0.25) is 24.3 Å². The molecule has 4 aromatic rings. The molecule has 10 heteroatoms. The van der Waals surface area contributed by atoms with Gasteiger partial charge in [-0.1, -0.05) is 13.0 Å². The van der Waals surface area contributed by atoms with Gasteiger partial charge >= 0.3 is 0 Å². The van der Waals surface area contributed by atoms with Crippen LogP contribution in [0.15, 0.2) is 47.7 Å². The highest BCUT2D eigenvalue weighted by Crippen LogP contribution is 2.34. The molecule has 5 rings (SSSR count). The number of hydrogen-bond acceptors (Lipinski definition) is 8. The van der Waals surface area contributed by atoms with Crippen LogP contribution in [0.4, 0.5) is 5.69 Å². The molecule has 4 heterocycles. The summed E-state index contributed by atoms with van der Waals surface area (Å²) < 4.78 is 3.11. The number of anilines is 1. The van der Waals surface area contributed by atoms with E-state index in [0.717, 1.165) is 23.0 Å². The number of piperazine rings is 1. The quantitative estimate of drug-likeness (QED) is 0.430. The zero-order valence-electron chi connectivity index (χ0n) is 21.6. The SMILES string of the molecule is CC[C@@H]1CN(c2cc(=O)n(C)c3cn(CC#N)nc23)[C@@H]([C@@H](C)O)CN1C(C)c1ccc2nccnc2c1. The van der Waals surface area contributed by atoms with Crippen molar-refractivity contribution in [3.05, 3.63) is 58.8 Å². The lowest BCUT2D eigenvalue weighted by Gasteiger charge is -2.50. The molecule has 1 saturated heterocycles. The molecule has 1 unspecified atom stereocenters. The van der Waals surface area contributed by atoms with Crippen molar-refractivity contribution in [2.75, 3.05) is 18.0 Å². The van der Waals surface area contributed by atoms with Crippen molar-refractivity contribution in [1.82, 2.24) is 29.2 Å². The molecule has 1 fully saturated rings. The van der Waals surface area contributed by atoms with E-state index in [2.05, 4.69) is 56.9 Å². The van der Waals surface area contributed by atoms with Gasteiger partial charge in [0.1, 0.15) is 12.1 Å². The van der Waals surface area contributed by atoms with E-state index in [1.54, 1.807) is 47.9 Å². The molecule has 0 radical (unpaired) electrons. The highest BCUT2D eigenvalue weighted by molar-refractivity contribution is 5.88. The van der Waals surface area contributed by atoms with Gasteiger partial charge in [-0.2, -0.15) is 10.4 Å². The van der Waals surface area contributed by atoms with E-state index in [1.807, 2.05) is 6.07 Å². The van der Waals surface area contributed by atoms with Crippen LogP contribution in [0.5, 0.6) is 0 Å². The number of fused-ring (bicyclic) bond motifs is 2. The zero-order chi connectivity index (χ0) is 26.3. The van der Waals surface area contributed by atoms with Crippen LogP contribution in [0.25, 0.3) is 22.1 Å². The molecule has 37 heavy (non-hydrogen) atoms. The van der Waals surface area contributed by atoms with Gasteiger partial charge < -0.3 is 14.6 Å². The first kappa shape index (κ1) is 24.9. The number of aryl methyl sites for hydroxylation is 1. The van der Waals surface area contributed by atoms with Crippen molar-refractivity contribution in [2.45, 2.75) is 58.0 Å². The van der Waals surface area contributed by atoms with E-state index >= 15 is 0 Å². The van der Waals surface area contributed by atoms with E-state index in [4.69, 9.17) is 5.26 Å². The van der Waals surface area contributed by atoms with Crippen LogP contribution in [0.2, 0.25) is 0 Å². The Morgan fingerprint density at radius 2 is 1.92 bits per heavy atom. The fraction of sp³-hybridized carbons (Fsp3) is 0.444. The third-order valence-electron chi connectivity index (χ3n) is 7.66. The summed E-state index contributed by atoms with van der Waals surface area (Å²) >= 11 is 0. The third kappa shape index (κ3) is 4.45. The standard InChI is InChI=1S/C27H32N8O2/c1-5-20-14-35(23-13-26(37)32(4)25-15-33(11-8-28)31-27(23)25)24(18(3)36)16-34(20)17(2)19-6-7-21-22(12-19)30-10-9-29-21/h6-7,9-10,12-13,15,17-18,20,24,36H,5,11,14,16H2,1-4H3/t17?,18-,20-,24-/m1/s1. The maximum absolute atomic E-state index is 12.9. The van der Waals surface area contributed by atoms with Crippen LogP contribution in [-0.4, -0.2) is 65.6 Å². The summed E-state index contributed by atoms with van der Waals surface area (Å²) in [6.07, 6.45) is 5.39. The molecule has 1 aromatic carbocycles. The van der Waals surface area contributed by atoms with E-state index in [0.29, 0.717) is 29.8 Å². The van der Waals surface area contributed by atoms with Crippen molar-refractivity contribution >= 4 is 27.8 Å². The van der Waals surface area contributed by atoms with Gasteiger partial charge in [-0.25, -0.2) is 0 Å². The number of hydrogen-bond donors (Lipinski definition) is 1. The van der Waals surface area contributed by atoms with Crippen molar-refractivity contribution in [3.63, 3.8) is 0 Å². The van der Waals surface area contributed by atoms with E-state index in [-0.39, 0.29) is 30.2 Å². The van der Waals surface area contributed by atoms with Gasteiger partial charge in [0, 0.05) is 50.7 Å². The second kappa shape index (κ2) is 9.92. The first-order valence-corrected chi connectivity index (χ1v) is 12.7. The first-order valence-electron chi connectivity index (χ1n) is 12.7. The smallest absolute Gasteiger partial charge is 0.252 e.